The van der Waals surface area contributed by atoms with Gasteiger partial charge in [0.05, 0.1) is 0 Å². The fourth-order valence-electron chi connectivity index (χ4n) is 1.16. The predicted molar refractivity (Wildman–Crippen MR) is 65.6 cm³/mol. The molecule has 0 aliphatic carbocycles. The minimum atomic E-state index is -0.0244. The van der Waals surface area contributed by atoms with E-state index < -0.39 is 0 Å². The fourth-order valence-corrected chi connectivity index (χ4v) is 1.16. The number of anilines is 1. The first-order chi connectivity index (χ1) is 7.54. The van der Waals surface area contributed by atoms with Crippen molar-refractivity contribution >= 4 is 17.6 Å². The zero-order valence-corrected chi connectivity index (χ0v) is 9.69. The number of nitrogens with two attached hydrogens (primary N) is 1. The number of nitrogens with one attached hydrogen (secondary N) is 1. The summed E-state index contributed by atoms with van der Waals surface area (Å²) in [7, 11) is 5.04. The van der Waals surface area contributed by atoms with Crippen molar-refractivity contribution in [3.63, 3.8) is 0 Å². The Bertz CT molecular complexity index is 395. The van der Waals surface area contributed by atoms with Gasteiger partial charge in [-0.1, -0.05) is 0 Å². The molecule has 5 nitrogen and oxygen atoms in total. The number of rotatable bonds is 2. The summed E-state index contributed by atoms with van der Waals surface area (Å²) in [5, 5.41) is 2.89. The van der Waals surface area contributed by atoms with Crippen molar-refractivity contribution in [1.82, 2.24) is 4.90 Å². The Labute approximate surface area is 95.0 Å². The second-order valence-corrected chi connectivity index (χ2v) is 3.51. The van der Waals surface area contributed by atoms with Crippen LogP contribution in [0.1, 0.15) is 10.4 Å². The van der Waals surface area contributed by atoms with Gasteiger partial charge in [0, 0.05) is 32.4 Å². The molecule has 1 aromatic carbocycles. The Hall–Kier alpha value is -2.04. The van der Waals surface area contributed by atoms with Crippen LogP contribution in [0.25, 0.3) is 0 Å². The monoisotopic (exact) mass is 220 g/mol. The van der Waals surface area contributed by atoms with E-state index in [9.17, 15) is 4.79 Å². The quantitative estimate of drug-likeness (QED) is 0.570. The van der Waals surface area contributed by atoms with Gasteiger partial charge in [-0.25, -0.2) is 0 Å². The highest BCUT2D eigenvalue weighted by molar-refractivity contribution is 5.95. The molecular weight excluding hydrogens is 204 g/mol. The number of amides is 1. The van der Waals surface area contributed by atoms with Gasteiger partial charge in [-0.2, -0.15) is 0 Å². The van der Waals surface area contributed by atoms with Crippen molar-refractivity contribution in [3.8, 4) is 0 Å². The maximum atomic E-state index is 11.6. The number of hydrogen-bond donors (Lipinski definition) is 2. The highest BCUT2D eigenvalue weighted by Gasteiger charge is 2.06. The molecular formula is C11H16N4O. The smallest absolute Gasteiger partial charge is 0.253 e. The number of carbonyl (C=O) groups excluding carboxylic acids is 1. The molecule has 0 aliphatic heterocycles. The average molecular weight is 220 g/mol. The highest BCUT2D eigenvalue weighted by atomic mass is 16.2. The van der Waals surface area contributed by atoms with Crippen LogP contribution in [0.5, 0.6) is 0 Å². The number of carbonyl (C=O) groups is 1. The molecule has 0 spiro atoms. The molecule has 3 N–H and O–H groups in total. The summed E-state index contributed by atoms with van der Waals surface area (Å²) >= 11 is 0. The third kappa shape index (κ3) is 2.98. The van der Waals surface area contributed by atoms with Gasteiger partial charge >= 0.3 is 0 Å². The van der Waals surface area contributed by atoms with Gasteiger partial charge in [0.15, 0.2) is 5.96 Å². The predicted octanol–water partition coefficient (Wildman–Crippen LogP) is 0.745. The topological polar surface area (TPSA) is 70.7 Å². The lowest BCUT2D eigenvalue weighted by molar-refractivity contribution is 0.0827. The Morgan fingerprint density at radius 2 is 1.88 bits per heavy atom. The van der Waals surface area contributed by atoms with E-state index in [0.717, 1.165) is 5.69 Å². The van der Waals surface area contributed by atoms with E-state index in [2.05, 4.69) is 10.3 Å². The van der Waals surface area contributed by atoms with E-state index in [4.69, 9.17) is 5.73 Å². The molecule has 16 heavy (non-hydrogen) atoms. The summed E-state index contributed by atoms with van der Waals surface area (Å²) < 4.78 is 0. The van der Waals surface area contributed by atoms with Gasteiger partial charge in [-0.05, 0) is 24.3 Å². The SMILES string of the molecule is CN=C(N)Nc1ccc(C(=O)N(C)C)cc1. The van der Waals surface area contributed by atoms with Crippen LogP contribution in [0, 0.1) is 0 Å². The number of nitrogens with zero attached hydrogens (tertiary/aromatic N) is 2. The lowest BCUT2D eigenvalue weighted by Gasteiger charge is -2.10. The van der Waals surface area contributed by atoms with Gasteiger partial charge in [0.1, 0.15) is 0 Å². The molecule has 0 saturated carbocycles. The largest absolute Gasteiger partial charge is 0.370 e. The second-order valence-electron chi connectivity index (χ2n) is 3.51. The van der Waals surface area contributed by atoms with Crippen molar-refractivity contribution in [2.45, 2.75) is 0 Å². The summed E-state index contributed by atoms with van der Waals surface area (Å²) in [6.45, 7) is 0. The van der Waals surface area contributed by atoms with Gasteiger partial charge in [0.2, 0.25) is 0 Å². The average Bonchev–Trinajstić information content (AvgIpc) is 2.28. The molecule has 0 radical (unpaired) electrons. The fraction of sp³-hybridized carbons (Fsp3) is 0.273. The van der Waals surface area contributed by atoms with E-state index >= 15 is 0 Å². The van der Waals surface area contributed by atoms with Crippen LogP contribution in [0.2, 0.25) is 0 Å². The first-order valence-corrected chi connectivity index (χ1v) is 4.85. The van der Waals surface area contributed by atoms with E-state index in [-0.39, 0.29) is 5.91 Å². The third-order valence-corrected chi connectivity index (χ3v) is 2.05. The lowest BCUT2D eigenvalue weighted by atomic mass is 10.2. The van der Waals surface area contributed by atoms with Crippen molar-refractivity contribution < 1.29 is 4.79 Å². The van der Waals surface area contributed by atoms with Crippen LogP contribution in [-0.2, 0) is 0 Å². The van der Waals surface area contributed by atoms with Crippen LogP contribution < -0.4 is 11.1 Å². The Morgan fingerprint density at radius 3 is 2.31 bits per heavy atom. The Balaban J connectivity index is 2.79. The summed E-state index contributed by atoms with van der Waals surface area (Å²) in [6.07, 6.45) is 0. The van der Waals surface area contributed by atoms with E-state index in [0.29, 0.717) is 11.5 Å². The first-order valence-electron chi connectivity index (χ1n) is 4.85. The standard InChI is InChI=1S/C11H16N4O/c1-13-11(12)14-9-6-4-8(5-7-9)10(16)15(2)3/h4-7H,1-3H3,(H3,12,13,14). The second kappa shape index (κ2) is 5.16. The van der Waals surface area contributed by atoms with Crippen molar-refractivity contribution in [2.75, 3.05) is 26.5 Å². The summed E-state index contributed by atoms with van der Waals surface area (Å²) in [5.74, 6) is 0.315. The normalized spacial score (nSPS) is 11.1. The highest BCUT2D eigenvalue weighted by Crippen LogP contribution is 2.10. The Kier molecular flexibility index (Phi) is 3.88. The van der Waals surface area contributed by atoms with E-state index in [1.165, 1.54) is 4.90 Å². The van der Waals surface area contributed by atoms with Crippen LogP contribution in [0.15, 0.2) is 29.3 Å². The maximum absolute atomic E-state index is 11.6. The van der Waals surface area contributed by atoms with Crippen LogP contribution in [0.4, 0.5) is 5.69 Å². The molecule has 0 fully saturated rings. The minimum absolute atomic E-state index is 0.0244. The molecule has 0 aromatic heterocycles. The van der Waals surface area contributed by atoms with Crippen molar-refractivity contribution in [2.24, 2.45) is 10.7 Å². The summed E-state index contributed by atoms with van der Waals surface area (Å²) in [5.41, 5.74) is 6.96. The zero-order chi connectivity index (χ0) is 12.1. The van der Waals surface area contributed by atoms with Crippen LogP contribution in [-0.4, -0.2) is 37.9 Å². The van der Waals surface area contributed by atoms with Gasteiger partial charge in [0.25, 0.3) is 5.91 Å². The van der Waals surface area contributed by atoms with Crippen LogP contribution >= 0.6 is 0 Å². The number of guanidine groups is 1. The molecule has 0 unspecified atom stereocenters. The molecule has 0 bridgehead atoms. The van der Waals surface area contributed by atoms with E-state index in [1.54, 1.807) is 45.4 Å². The molecule has 1 aromatic rings. The molecule has 1 amide bonds. The maximum Gasteiger partial charge on any atom is 0.253 e. The molecule has 5 heteroatoms. The molecule has 0 heterocycles. The number of benzene rings is 1. The van der Waals surface area contributed by atoms with Crippen LogP contribution in [0.3, 0.4) is 0 Å². The van der Waals surface area contributed by atoms with E-state index in [1.807, 2.05) is 0 Å². The molecule has 0 aliphatic rings. The molecule has 0 saturated heterocycles. The van der Waals surface area contributed by atoms with Gasteiger partial charge in [-0.3, -0.25) is 9.79 Å². The van der Waals surface area contributed by atoms with Gasteiger partial charge in [-0.15, -0.1) is 0 Å². The van der Waals surface area contributed by atoms with Gasteiger partial charge < -0.3 is 16.0 Å². The molecule has 0 atom stereocenters. The zero-order valence-electron chi connectivity index (χ0n) is 9.69. The van der Waals surface area contributed by atoms with Crippen molar-refractivity contribution in [1.29, 1.82) is 0 Å². The molecule has 1 rings (SSSR count). The minimum Gasteiger partial charge on any atom is -0.370 e. The lowest BCUT2D eigenvalue weighted by Crippen LogP contribution is -2.23. The summed E-state index contributed by atoms with van der Waals surface area (Å²) in [4.78, 5) is 16.9. The number of aliphatic imine (C=N–C) groups is 1. The summed E-state index contributed by atoms with van der Waals surface area (Å²) in [6, 6.07) is 7.06. The third-order valence-electron chi connectivity index (χ3n) is 2.05. The van der Waals surface area contributed by atoms with Crippen molar-refractivity contribution in [3.05, 3.63) is 29.8 Å². The first kappa shape index (κ1) is 12.0. The Morgan fingerprint density at radius 1 is 1.31 bits per heavy atom. The molecule has 86 valence electrons. The number of hydrogen-bond acceptors (Lipinski definition) is 2.